The average molecular weight is 224 g/mol. The van der Waals surface area contributed by atoms with Gasteiger partial charge in [0.15, 0.2) is 0 Å². The molecular formula is C13H12N4. The Kier molecular flexibility index (Phi) is 3.01. The van der Waals surface area contributed by atoms with Gasteiger partial charge >= 0.3 is 0 Å². The van der Waals surface area contributed by atoms with Crippen molar-refractivity contribution in [1.29, 1.82) is 5.26 Å². The number of aromatic nitrogens is 2. The molecule has 1 aromatic carbocycles. The van der Waals surface area contributed by atoms with E-state index in [1.165, 1.54) is 0 Å². The first kappa shape index (κ1) is 11.1. The van der Waals surface area contributed by atoms with Crippen LogP contribution >= 0.6 is 0 Å². The van der Waals surface area contributed by atoms with Gasteiger partial charge in [0, 0.05) is 20.3 Å². The standard InChI is InChI=1S/C13H12N4/c1-17(2)9-10(7-14)13-8-15-11-5-3-4-6-12(11)16-13/h3-6,8-9H,1-2H3/b10-9+. The summed E-state index contributed by atoms with van der Waals surface area (Å²) in [4.78, 5) is 10.5. The molecule has 0 fully saturated rings. The van der Waals surface area contributed by atoms with E-state index >= 15 is 0 Å². The molecule has 2 rings (SSSR count). The maximum atomic E-state index is 9.09. The Hall–Kier alpha value is -2.41. The van der Waals surface area contributed by atoms with Crippen LogP contribution < -0.4 is 0 Å². The van der Waals surface area contributed by atoms with Crippen molar-refractivity contribution in [1.82, 2.24) is 14.9 Å². The molecule has 4 heteroatoms. The highest BCUT2D eigenvalue weighted by atomic mass is 15.0. The van der Waals surface area contributed by atoms with Crippen LogP contribution in [0.4, 0.5) is 0 Å². The van der Waals surface area contributed by atoms with Crippen LogP contribution in [0.2, 0.25) is 0 Å². The van der Waals surface area contributed by atoms with Crippen molar-refractivity contribution in [2.45, 2.75) is 0 Å². The van der Waals surface area contributed by atoms with E-state index in [0.717, 1.165) is 11.0 Å². The van der Waals surface area contributed by atoms with E-state index in [4.69, 9.17) is 5.26 Å². The predicted octanol–water partition coefficient (Wildman–Crippen LogP) is 2.06. The smallest absolute Gasteiger partial charge is 0.103 e. The molecule has 0 aliphatic heterocycles. The summed E-state index contributed by atoms with van der Waals surface area (Å²) in [6.45, 7) is 0. The van der Waals surface area contributed by atoms with Gasteiger partial charge in [0.25, 0.3) is 0 Å². The van der Waals surface area contributed by atoms with Crippen LogP contribution in [0.5, 0.6) is 0 Å². The second kappa shape index (κ2) is 4.62. The summed E-state index contributed by atoms with van der Waals surface area (Å²) in [7, 11) is 3.73. The molecule has 0 radical (unpaired) electrons. The van der Waals surface area contributed by atoms with E-state index < -0.39 is 0 Å². The lowest BCUT2D eigenvalue weighted by Crippen LogP contribution is -2.03. The van der Waals surface area contributed by atoms with E-state index in [0.29, 0.717) is 11.3 Å². The number of hydrogen-bond acceptors (Lipinski definition) is 4. The molecule has 0 saturated heterocycles. The molecule has 0 bridgehead atoms. The first-order chi connectivity index (χ1) is 8.20. The minimum Gasteiger partial charge on any atom is -0.382 e. The topological polar surface area (TPSA) is 52.8 Å². The number of hydrogen-bond donors (Lipinski definition) is 0. The molecular weight excluding hydrogens is 212 g/mol. The van der Waals surface area contributed by atoms with Crippen LogP contribution in [0.15, 0.2) is 36.7 Å². The molecule has 1 heterocycles. The molecule has 4 nitrogen and oxygen atoms in total. The molecule has 0 unspecified atom stereocenters. The number of nitriles is 1. The van der Waals surface area contributed by atoms with Crippen LogP contribution in [0.1, 0.15) is 5.69 Å². The molecule has 1 aromatic heterocycles. The van der Waals surface area contributed by atoms with E-state index in [1.807, 2.05) is 43.3 Å². The van der Waals surface area contributed by atoms with Crippen molar-refractivity contribution < 1.29 is 0 Å². The highest BCUT2D eigenvalue weighted by Crippen LogP contribution is 2.14. The molecule has 0 aliphatic carbocycles. The molecule has 0 atom stereocenters. The van der Waals surface area contributed by atoms with Crippen LogP contribution in [-0.2, 0) is 0 Å². The van der Waals surface area contributed by atoms with Crippen molar-refractivity contribution in [3.05, 3.63) is 42.4 Å². The maximum Gasteiger partial charge on any atom is 0.103 e. The Morgan fingerprint density at radius 3 is 2.65 bits per heavy atom. The molecule has 0 saturated carbocycles. The minimum atomic E-state index is 0.508. The largest absolute Gasteiger partial charge is 0.382 e. The fourth-order valence-electron chi connectivity index (χ4n) is 1.50. The van der Waals surface area contributed by atoms with Crippen molar-refractivity contribution in [2.75, 3.05) is 14.1 Å². The SMILES string of the molecule is CN(C)/C=C(\C#N)c1cnc2ccccc2n1. The number of fused-ring (bicyclic) bond motifs is 1. The van der Waals surface area contributed by atoms with Crippen LogP contribution in [0.25, 0.3) is 16.6 Å². The van der Waals surface area contributed by atoms with Crippen molar-refractivity contribution in [3.63, 3.8) is 0 Å². The summed E-state index contributed by atoms with van der Waals surface area (Å²) < 4.78 is 0. The van der Waals surface area contributed by atoms with Gasteiger partial charge in [-0.3, -0.25) is 4.98 Å². The lowest BCUT2D eigenvalue weighted by atomic mass is 10.2. The second-order valence-electron chi connectivity index (χ2n) is 3.86. The Morgan fingerprint density at radius 2 is 2.00 bits per heavy atom. The van der Waals surface area contributed by atoms with Crippen molar-refractivity contribution in [2.24, 2.45) is 0 Å². The third-order valence-corrected chi connectivity index (χ3v) is 2.23. The molecule has 0 N–H and O–H groups in total. The highest BCUT2D eigenvalue weighted by molar-refractivity contribution is 5.79. The van der Waals surface area contributed by atoms with E-state index in [9.17, 15) is 0 Å². The lowest BCUT2D eigenvalue weighted by Gasteiger charge is -2.06. The Morgan fingerprint density at radius 1 is 1.29 bits per heavy atom. The van der Waals surface area contributed by atoms with Crippen LogP contribution in [0, 0.1) is 11.3 Å². The van der Waals surface area contributed by atoms with Gasteiger partial charge in [-0.2, -0.15) is 5.26 Å². The first-order valence-corrected chi connectivity index (χ1v) is 5.21. The van der Waals surface area contributed by atoms with Gasteiger partial charge in [-0.25, -0.2) is 4.98 Å². The number of rotatable bonds is 2. The van der Waals surface area contributed by atoms with E-state index in [-0.39, 0.29) is 0 Å². The van der Waals surface area contributed by atoms with Crippen LogP contribution in [-0.4, -0.2) is 29.0 Å². The minimum absolute atomic E-state index is 0.508. The Labute approximate surface area is 99.8 Å². The molecule has 0 spiro atoms. The number of nitrogens with zero attached hydrogens (tertiary/aromatic N) is 4. The summed E-state index contributed by atoms with van der Waals surface area (Å²) in [6.07, 6.45) is 3.36. The zero-order chi connectivity index (χ0) is 12.3. The number of allylic oxidation sites excluding steroid dienone is 1. The third-order valence-electron chi connectivity index (χ3n) is 2.23. The fraction of sp³-hybridized carbons (Fsp3) is 0.154. The maximum absolute atomic E-state index is 9.09. The van der Waals surface area contributed by atoms with E-state index in [2.05, 4.69) is 16.0 Å². The summed E-state index contributed by atoms with van der Waals surface area (Å²) in [5.41, 5.74) is 2.73. The normalized spacial score (nSPS) is 11.2. The fourth-order valence-corrected chi connectivity index (χ4v) is 1.50. The summed E-state index contributed by atoms with van der Waals surface area (Å²) in [6, 6.07) is 9.73. The summed E-state index contributed by atoms with van der Waals surface area (Å²) in [5.74, 6) is 0. The highest BCUT2D eigenvalue weighted by Gasteiger charge is 2.05. The zero-order valence-electron chi connectivity index (χ0n) is 9.75. The van der Waals surface area contributed by atoms with Gasteiger partial charge < -0.3 is 4.90 Å². The van der Waals surface area contributed by atoms with Crippen molar-refractivity contribution >= 4 is 16.6 Å². The Balaban J connectivity index is 2.53. The van der Waals surface area contributed by atoms with Gasteiger partial charge in [-0.15, -0.1) is 0 Å². The van der Waals surface area contributed by atoms with Gasteiger partial charge in [0.2, 0.25) is 0 Å². The molecule has 17 heavy (non-hydrogen) atoms. The summed E-state index contributed by atoms with van der Waals surface area (Å²) in [5, 5.41) is 9.09. The first-order valence-electron chi connectivity index (χ1n) is 5.21. The third kappa shape index (κ3) is 2.40. The van der Waals surface area contributed by atoms with Gasteiger partial charge in [-0.1, -0.05) is 12.1 Å². The average Bonchev–Trinajstić information content (AvgIpc) is 2.35. The number of para-hydroxylation sites is 2. The lowest BCUT2D eigenvalue weighted by molar-refractivity contribution is 0.566. The molecule has 84 valence electrons. The van der Waals surface area contributed by atoms with Crippen molar-refractivity contribution in [3.8, 4) is 6.07 Å². The molecule has 0 amide bonds. The number of benzene rings is 1. The predicted molar refractivity (Wildman–Crippen MR) is 66.8 cm³/mol. The van der Waals surface area contributed by atoms with E-state index in [1.54, 1.807) is 12.4 Å². The van der Waals surface area contributed by atoms with Crippen LogP contribution in [0.3, 0.4) is 0 Å². The Bertz CT molecular complexity index is 608. The molecule has 0 aliphatic rings. The van der Waals surface area contributed by atoms with Gasteiger partial charge in [-0.05, 0) is 12.1 Å². The second-order valence-corrected chi connectivity index (χ2v) is 3.86. The molecule has 2 aromatic rings. The quantitative estimate of drug-likeness (QED) is 0.733. The summed E-state index contributed by atoms with van der Waals surface area (Å²) >= 11 is 0. The monoisotopic (exact) mass is 224 g/mol. The zero-order valence-corrected chi connectivity index (χ0v) is 9.75. The van der Waals surface area contributed by atoms with Gasteiger partial charge in [0.05, 0.1) is 22.8 Å². The van der Waals surface area contributed by atoms with Gasteiger partial charge in [0.1, 0.15) is 11.8 Å².